The lowest BCUT2D eigenvalue weighted by molar-refractivity contribution is -0.130. The summed E-state index contributed by atoms with van der Waals surface area (Å²) in [5.41, 5.74) is 11.5. The highest BCUT2D eigenvalue weighted by atomic mass is 16.2. The van der Waals surface area contributed by atoms with Crippen LogP contribution in [0.1, 0.15) is 66.4 Å². The molecular weight excluding hydrogens is 646 g/mol. The van der Waals surface area contributed by atoms with Gasteiger partial charge in [-0.05, 0) is 128 Å². The van der Waals surface area contributed by atoms with Gasteiger partial charge in [-0.25, -0.2) is 4.99 Å². The molecule has 2 heterocycles. The predicted octanol–water partition coefficient (Wildman–Crippen LogP) is 4.15. The molecule has 0 unspecified atom stereocenters. The van der Waals surface area contributed by atoms with Crippen LogP contribution in [0.15, 0.2) is 71.7 Å². The van der Waals surface area contributed by atoms with Gasteiger partial charge in [-0.2, -0.15) is 5.21 Å². The van der Waals surface area contributed by atoms with Gasteiger partial charge in [0.05, 0.1) is 0 Å². The summed E-state index contributed by atoms with van der Waals surface area (Å²) in [6.07, 6.45) is 5.75. The Morgan fingerprint density at radius 3 is 2.39 bits per heavy atom. The average Bonchev–Trinajstić information content (AvgIpc) is 3.62. The molecule has 2 aliphatic rings. The van der Waals surface area contributed by atoms with E-state index in [0.717, 1.165) is 66.3 Å². The van der Waals surface area contributed by atoms with E-state index in [9.17, 15) is 19.2 Å². The second-order valence-electron chi connectivity index (χ2n) is 13.3. The molecule has 1 aliphatic heterocycles. The number of aromatic nitrogens is 4. The van der Waals surface area contributed by atoms with E-state index in [1.807, 2.05) is 37.3 Å². The highest BCUT2D eigenvalue weighted by Crippen LogP contribution is 2.29. The van der Waals surface area contributed by atoms with Crippen molar-refractivity contribution in [1.82, 2.24) is 31.3 Å². The van der Waals surface area contributed by atoms with Gasteiger partial charge in [-0.3, -0.25) is 19.2 Å². The van der Waals surface area contributed by atoms with Crippen LogP contribution in [-0.4, -0.2) is 69.1 Å². The molecule has 6 N–H and O–H groups in total. The first kappa shape index (κ1) is 35.3. The van der Waals surface area contributed by atoms with Crippen molar-refractivity contribution in [2.24, 2.45) is 22.6 Å². The van der Waals surface area contributed by atoms with Gasteiger partial charge in [0.15, 0.2) is 0 Å². The zero-order valence-electron chi connectivity index (χ0n) is 28.7. The number of benzene rings is 3. The number of aromatic amines is 1. The topological polar surface area (TPSA) is 197 Å². The Morgan fingerprint density at radius 1 is 0.961 bits per heavy atom. The van der Waals surface area contributed by atoms with Crippen molar-refractivity contribution in [1.29, 1.82) is 0 Å². The van der Waals surface area contributed by atoms with Crippen LogP contribution < -0.4 is 21.7 Å². The first-order valence-electron chi connectivity index (χ1n) is 17.5. The zero-order chi connectivity index (χ0) is 35.7. The van der Waals surface area contributed by atoms with E-state index in [0.29, 0.717) is 42.5 Å². The second kappa shape index (κ2) is 16.4. The van der Waals surface area contributed by atoms with E-state index < -0.39 is 11.9 Å². The smallest absolute Gasteiger partial charge is 0.277 e. The van der Waals surface area contributed by atoms with Crippen LogP contribution in [-0.2, 0) is 20.8 Å². The summed E-state index contributed by atoms with van der Waals surface area (Å²) in [6, 6.07) is 19.5. The quantitative estimate of drug-likeness (QED) is 0.164. The van der Waals surface area contributed by atoms with Crippen molar-refractivity contribution in [3.05, 3.63) is 83.4 Å². The summed E-state index contributed by atoms with van der Waals surface area (Å²) in [5.74, 6) is -0.437. The summed E-state index contributed by atoms with van der Waals surface area (Å²) in [7, 11) is 0. The van der Waals surface area contributed by atoms with Gasteiger partial charge in [0.2, 0.25) is 17.6 Å². The molecule has 1 aromatic heterocycles. The summed E-state index contributed by atoms with van der Waals surface area (Å²) < 4.78 is 0. The molecule has 51 heavy (non-hydrogen) atoms. The van der Waals surface area contributed by atoms with E-state index >= 15 is 0 Å². The normalized spacial score (nSPS) is 19.1. The minimum absolute atomic E-state index is 0.121. The van der Waals surface area contributed by atoms with Gasteiger partial charge in [0.25, 0.3) is 11.8 Å². The van der Waals surface area contributed by atoms with Crippen LogP contribution in [0.4, 0.5) is 5.69 Å². The van der Waals surface area contributed by atoms with E-state index in [2.05, 4.69) is 41.6 Å². The molecule has 1 saturated carbocycles. The lowest BCUT2D eigenvalue weighted by Crippen LogP contribution is -2.48. The number of hydrogen-bond acceptors (Lipinski definition) is 8. The minimum atomic E-state index is -0.809. The number of amides is 4. The van der Waals surface area contributed by atoms with Crippen LogP contribution >= 0.6 is 0 Å². The fraction of sp³-hybridized carbons (Fsp3) is 0.368. The number of anilines is 1. The highest BCUT2D eigenvalue weighted by molar-refractivity contribution is 6.41. The Balaban J connectivity index is 1.15. The van der Waals surface area contributed by atoms with Crippen molar-refractivity contribution >= 4 is 35.0 Å². The molecule has 13 heteroatoms. The third-order valence-electron chi connectivity index (χ3n) is 9.74. The molecule has 264 valence electrons. The van der Waals surface area contributed by atoms with Gasteiger partial charge in [0, 0.05) is 35.7 Å². The van der Waals surface area contributed by atoms with Crippen molar-refractivity contribution < 1.29 is 19.2 Å². The maximum Gasteiger partial charge on any atom is 0.277 e. The maximum atomic E-state index is 13.7. The zero-order valence-corrected chi connectivity index (χ0v) is 28.7. The molecule has 1 atom stereocenters. The third kappa shape index (κ3) is 8.97. The molecule has 0 radical (unpaired) electrons. The van der Waals surface area contributed by atoms with Crippen LogP contribution in [0, 0.1) is 18.8 Å². The predicted molar refractivity (Wildman–Crippen MR) is 194 cm³/mol. The van der Waals surface area contributed by atoms with Crippen molar-refractivity contribution in [2.75, 3.05) is 18.4 Å². The fourth-order valence-corrected chi connectivity index (χ4v) is 6.68. The Morgan fingerprint density at radius 2 is 1.71 bits per heavy atom. The monoisotopic (exact) mass is 689 g/mol. The number of aryl methyl sites for hydroxylation is 1. The molecule has 4 amide bonds. The number of rotatable bonds is 10. The standard InChI is InChI=1S/C38H43N9O4/c1-23-20-29(36(49)42-32-4-2-3-19-40-37(32)50)15-18-31(23)26-9-5-24(6-10-26)21-33(43-35(48)28-11-7-25(22-39)8-12-28)38(51)41-30-16-13-27(14-17-30)34-44-46-47-45-34/h5-6,9-10,13-18,20,25,28,33H,2-4,7-8,11-12,19,21-22,39H2,1H3,(H,40,50)(H,41,51)(H,43,48)(H,44,45,46,47)/t25?,28?,33-/m0/s1. The maximum absolute atomic E-state index is 13.7. The minimum Gasteiger partial charge on any atom is -0.351 e. The van der Waals surface area contributed by atoms with Gasteiger partial charge >= 0.3 is 0 Å². The number of nitrogens with two attached hydrogens (primary N) is 1. The lowest BCUT2D eigenvalue weighted by atomic mass is 9.81. The number of carbonyl (C=O) groups excluding carboxylic acids is 4. The van der Waals surface area contributed by atoms with Crippen molar-refractivity contribution in [3.63, 3.8) is 0 Å². The van der Waals surface area contributed by atoms with Crippen LogP contribution in [0.5, 0.6) is 0 Å². The Bertz CT molecular complexity index is 1880. The summed E-state index contributed by atoms with van der Waals surface area (Å²) in [5, 5.41) is 22.8. The number of tetrazole rings is 1. The molecule has 2 fully saturated rings. The summed E-state index contributed by atoms with van der Waals surface area (Å²) in [6.45, 7) is 3.14. The van der Waals surface area contributed by atoms with Gasteiger partial charge in [-0.15, -0.1) is 10.2 Å². The Kier molecular flexibility index (Phi) is 11.4. The number of H-pyrrole nitrogens is 1. The Labute approximate surface area is 296 Å². The molecule has 13 nitrogen and oxygen atoms in total. The lowest BCUT2D eigenvalue weighted by Gasteiger charge is -2.28. The molecule has 1 saturated heterocycles. The Hall–Kier alpha value is -5.56. The van der Waals surface area contributed by atoms with E-state index in [1.54, 1.807) is 36.4 Å². The summed E-state index contributed by atoms with van der Waals surface area (Å²) in [4.78, 5) is 56.4. The van der Waals surface area contributed by atoms with Crippen LogP contribution in [0.25, 0.3) is 22.5 Å². The first-order valence-corrected chi connectivity index (χ1v) is 17.5. The van der Waals surface area contributed by atoms with Gasteiger partial charge in [-0.1, -0.05) is 30.3 Å². The number of hydrogen-bond donors (Lipinski definition) is 5. The van der Waals surface area contributed by atoms with Crippen molar-refractivity contribution in [3.8, 4) is 22.5 Å². The molecule has 4 aromatic rings. The van der Waals surface area contributed by atoms with E-state index in [4.69, 9.17) is 5.73 Å². The fourth-order valence-electron chi connectivity index (χ4n) is 6.68. The number of nitrogens with zero attached hydrogens (tertiary/aromatic N) is 4. The molecule has 3 aromatic carbocycles. The van der Waals surface area contributed by atoms with E-state index in [-0.39, 0.29) is 35.8 Å². The second-order valence-corrected chi connectivity index (χ2v) is 13.3. The average molecular weight is 690 g/mol. The van der Waals surface area contributed by atoms with Crippen LogP contribution in [0.3, 0.4) is 0 Å². The van der Waals surface area contributed by atoms with E-state index in [1.165, 1.54) is 0 Å². The molecule has 1 aliphatic carbocycles. The molecule has 0 spiro atoms. The molecular formula is C38H43N9O4. The van der Waals surface area contributed by atoms with Gasteiger partial charge in [0.1, 0.15) is 11.8 Å². The van der Waals surface area contributed by atoms with Crippen LogP contribution in [0.2, 0.25) is 0 Å². The highest BCUT2D eigenvalue weighted by Gasteiger charge is 2.29. The SMILES string of the molecule is Cc1cc(C(=O)N=C2CCCCNC2=O)ccc1-c1ccc(C[C@H](NC(=O)C2CCC(CN)CC2)C(=O)Nc2ccc(-c3nn[nH]n3)cc2)cc1. The first-order chi connectivity index (χ1) is 24.8. The largest absolute Gasteiger partial charge is 0.351 e. The third-order valence-corrected chi connectivity index (χ3v) is 9.74. The summed E-state index contributed by atoms with van der Waals surface area (Å²) >= 11 is 0. The number of carbonyl (C=O) groups is 4. The molecule has 0 bridgehead atoms. The van der Waals surface area contributed by atoms with Gasteiger partial charge < -0.3 is 21.7 Å². The van der Waals surface area contributed by atoms with Crippen molar-refractivity contribution in [2.45, 2.75) is 64.3 Å². The number of nitrogens with one attached hydrogen (secondary N) is 4. The molecule has 6 rings (SSSR count). The number of aliphatic imine (C=N–C) groups is 1.